The van der Waals surface area contributed by atoms with E-state index in [0.717, 1.165) is 38.9 Å². The average Bonchev–Trinajstić information content (AvgIpc) is 3.30. The Bertz CT molecular complexity index is 444. The largest absolute Gasteiger partial charge is 0.312 e. The van der Waals surface area contributed by atoms with Crippen LogP contribution in [-0.4, -0.2) is 80.3 Å². The van der Waals surface area contributed by atoms with Crippen molar-refractivity contribution in [1.82, 2.24) is 18.8 Å². The molecule has 1 unspecified atom stereocenters. The molecule has 1 atom stereocenters. The predicted octanol–water partition coefficient (Wildman–Crippen LogP) is 0.0851. The predicted molar refractivity (Wildman–Crippen MR) is 83.4 cm³/mol. The lowest BCUT2D eigenvalue weighted by atomic mass is 10.1. The van der Waals surface area contributed by atoms with E-state index in [1.807, 2.05) is 7.05 Å². The molecular weight excluding hydrogens is 288 g/mol. The molecule has 2 heterocycles. The molecule has 6 nitrogen and oxygen atoms in total. The number of hydrogen-bond donors (Lipinski definition) is 1. The summed E-state index contributed by atoms with van der Waals surface area (Å²) in [7, 11) is -1.24. The summed E-state index contributed by atoms with van der Waals surface area (Å²) in [6.45, 7) is 4.41. The molecule has 1 aliphatic carbocycles. The Morgan fingerprint density at radius 1 is 1.00 bits per heavy atom. The first-order valence-electron chi connectivity index (χ1n) is 8.26. The minimum absolute atomic E-state index is 0.143. The lowest BCUT2D eigenvalue weighted by Crippen LogP contribution is -2.57. The molecule has 0 spiro atoms. The second kappa shape index (κ2) is 6.50. The van der Waals surface area contributed by atoms with E-state index in [0.29, 0.717) is 25.7 Å². The second-order valence-electron chi connectivity index (χ2n) is 6.65. The molecule has 7 heteroatoms. The van der Waals surface area contributed by atoms with E-state index in [9.17, 15) is 8.42 Å². The highest BCUT2D eigenvalue weighted by atomic mass is 32.2. The van der Waals surface area contributed by atoms with Crippen molar-refractivity contribution in [2.75, 3.05) is 46.3 Å². The number of piperidine rings is 1. The van der Waals surface area contributed by atoms with Crippen molar-refractivity contribution in [2.24, 2.45) is 0 Å². The summed E-state index contributed by atoms with van der Waals surface area (Å²) >= 11 is 0. The molecule has 21 heavy (non-hydrogen) atoms. The van der Waals surface area contributed by atoms with Crippen LogP contribution < -0.4 is 5.32 Å². The van der Waals surface area contributed by atoms with Gasteiger partial charge in [-0.05, 0) is 32.7 Å². The molecule has 0 aromatic heterocycles. The molecule has 1 saturated carbocycles. The molecular formula is C14H28N4O2S. The molecule has 0 aromatic carbocycles. The molecule has 2 saturated heterocycles. The van der Waals surface area contributed by atoms with E-state index in [-0.39, 0.29) is 6.04 Å². The van der Waals surface area contributed by atoms with Crippen molar-refractivity contribution in [3.8, 4) is 0 Å². The molecule has 3 aliphatic rings. The van der Waals surface area contributed by atoms with Crippen molar-refractivity contribution >= 4 is 10.2 Å². The highest BCUT2D eigenvalue weighted by molar-refractivity contribution is 7.86. The molecule has 3 fully saturated rings. The maximum atomic E-state index is 12.9. The Hall–Kier alpha value is -0.210. The Balaban J connectivity index is 1.65. The van der Waals surface area contributed by atoms with Gasteiger partial charge in [-0.3, -0.25) is 0 Å². The fraction of sp³-hybridized carbons (Fsp3) is 1.00. The number of nitrogens with one attached hydrogen (secondary N) is 1. The van der Waals surface area contributed by atoms with Crippen LogP contribution in [0.2, 0.25) is 0 Å². The molecule has 3 rings (SSSR count). The van der Waals surface area contributed by atoms with Gasteiger partial charge < -0.3 is 10.2 Å². The van der Waals surface area contributed by atoms with E-state index < -0.39 is 10.2 Å². The number of hydrogen-bond acceptors (Lipinski definition) is 4. The van der Waals surface area contributed by atoms with Crippen LogP contribution >= 0.6 is 0 Å². The van der Waals surface area contributed by atoms with Gasteiger partial charge in [-0.2, -0.15) is 17.0 Å². The smallest absolute Gasteiger partial charge is 0.282 e. The van der Waals surface area contributed by atoms with E-state index in [1.165, 1.54) is 12.8 Å². The van der Waals surface area contributed by atoms with Crippen molar-refractivity contribution in [1.29, 1.82) is 0 Å². The van der Waals surface area contributed by atoms with Crippen molar-refractivity contribution in [3.63, 3.8) is 0 Å². The third-order valence-electron chi connectivity index (χ3n) is 4.88. The summed E-state index contributed by atoms with van der Waals surface area (Å²) in [6.07, 6.45) is 5.63. The molecule has 2 aliphatic heterocycles. The highest BCUT2D eigenvalue weighted by Gasteiger charge is 2.37. The molecule has 0 aromatic rings. The topological polar surface area (TPSA) is 55.9 Å². The second-order valence-corrected chi connectivity index (χ2v) is 8.53. The quantitative estimate of drug-likeness (QED) is 0.781. The number of nitrogens with zero attached hydrogens (tertiary/aromatic N) is 3. The van der Waals surface area contributed by atoms with Crippen LogP contribution in [-0.2, 0) is 10.2 Å². The Kier molecular flexibility index (Phi) is 4.85. The molecule has 0 amide bonds. The van der Waals surface area contributed by atoms with E-state index in [1.54, 1.807) is 8.61 Å². The molecule has 122 valence electrons. The number of piperazine rings is 1. The van der Waals surface area contributed by atoms with Crippen LogP contribution in [0.3, 0.4) is 0 Å². The van der Waals surface area contributed by atoms with Crippen LogP contribution in [0.4, 0.5) is 0 Å². The number of likely N-dealkylation sites (N-methyl/N-ethyl adjacent to an activating group) is 1. The fourth-order valence-corrected chi connectivity index (χ4v) is 5.08. The zero-order valence-corrected chi connectivity index (χ0v) is 13.8. The van der Waals surface area contributed by atoms with Crippen LogP contribution in [0.15, 0.2) is 0 Å². The summed E-state index contributed by atoms with van der Waals surface area (Å²) in [6, 6.07) is 0.782. The number of rotatable bonds is 5. The van der Waals surface area contributed by atoms with Gasteiger partial charge in [0.15, 0.2) is 0 Å². The Morgan fingerprint density at radius 3 is 2.38 bits per heavy atom. The van der Waals surface area contributed by atoms with Crippen LogP contribution in [0, 0.1) is 0 Å². The summed E-state index contributed by atoms with van der Waals surface area (Å²) in [4.78, 5) is 2.19. The molecule has 0 radical (unpaired) electrons. The summed E-state index contributed by atoms with van der Waals surface area (Å²) in [5.74, 6) is 0. The van der Waals surface area contributed by atoms with Gasteiger partial charge >= 0.3 is 0 Å². The fourth-order valence-electron chi connectivity index (χ4n) is 3.24. The normalized spacial score (nSPS) is 30.6. The molecule has 0 bridgehead atoms. The van der Waals surface area contributed by atoms with Crippen molar-refractivity contribution in [3.05, 3.63) is 0 Å². The highest BCUT2D eigenvalue weighted by Crippen LogP contribution is 2.25. The first kappa shape index (κ1) is 15.7. The summed E-state index contributed by atoms with van der Waals surface area (Å²) < 4.78 is 29.3. The van der Waals surface area contributed by atoms with E-state index in [4.69, 9.17) is 0 Å². The minimum Gasteiger partial charge on any atom is -0.312 e. The first-order valence-corrected chi connectivity index (χ1v) is 9.66. The summed E-state index contributed by atoms with van der Waals surface area (Å²) in [5.41, 5.74) is 0. The van der Waals surface area contributed by atoms with Gasteiger partial charge in [-0.15, -0.1) is 0 Å². The SMILES string of the molecule is CN1CCN(S(=O)(=O)N2CCCCC2CNC2CC2)CC1. The Morgan fingerprint density at radius 2 is 1.71 bits per heavy atom. The first-order chi connectivity index (χ1) is 10.1. The van der Waals surface area contributed by atoms with E-state index >= 15 is 0 Å². The maximum absolute atomic E-state index is 12.9. The third-order valence-corrected chi connectivity index (χ3v) is 6.97. The lowest BCUT2D eigenvalue weighted by Gasteiger charge is -2.40. The zero-order chi connectivity index (χ0) is 14.9. The minimum atomic E-state index is -3.29. The van der Waals surface area contributed by atoms with Gasteiger partial charge in [-0.1, -0.05) is 6.42 Å². The Labute approximate surface area is 128 Å². The van der Waals surface area contributed by atoms with Gasteiger partial charge in [-0.25, -0.2) is 0 Å². The van der Waals surface area contributed by atoms with Gasteiger partial charge in [0, 0.05) is 51.4 Å². The van der Waals surface area contributed by atoms with Crippen LogP contribution in [0.25, 0.3) is 0 Å². The average molecular weight is 316 g/mol. The zero-order valence-electron chi connectivity index (χ0n) is 13.0. The standard InChI is InChI=1S/C14H28N4O2S/c1-16-8-10-17(11-9-16)21(19,20)18-7-3-2-4-14(18)12-15-13-5-6-13/h13-15H,2-12H2,1H3. The van der Waals surface area contributed by atoms with E-state index in [2.05, 4.69) is 10.2 Å². The lowest BCUT2D eigenvalue weighted by molar-refractivity contribution is 0.188. The van der Waals surface area contributed by atoms with Crippen LogP contribution in [0.5, 0.6) is 0 Å². The van der Waals surface area contributed by atoms with Gasteiger partial charge in [0.1, 0.15) is 0 Å². The van der Waals surface area contributed by atoms with Crippen molar-refractivity contribution < 1.29 is 8.42 Å². The van der Waals surface area contributed by atoms with Gasteiger partial charge in [0.2, 0.25) is 0 Å². The third kappa shape index (κ3) is 3.76. The molecule has 1 N–H and O–H groups in total. The van der Waals surface area contributed by atoms with Crippen molar-refractivity contribution in [2.45, 2.75) is 44.2 Å². The van der Waals surface area contributed by atoms with Gasteiger partial charge in [0.25, 0.3) is 10.2 Å². The maximum Gasteiger partial charge on any atom is 0.282 e. The monoisotopic (exact) mass is 316 g/mol. The van der Waals surface area contributed by atoms with Crippen LogP contribution in [0.1, 0.15) is 32.1 Å². The summed E-state index contributed by atoms with van der Waals surface area (Å²) in [5, 5.41) is 3.51. The van der Waals surface area contributed by atoms with Gasteiger partial charge in [0.05, 0.1) is 0 Å².